The molecule has 1 aliphatic heterocycles. The number of halogens is 3. The molecule has 0 saturated heterocycles. The van der Waals surface area contributed by atoms with E-state index in [0.29, 0.717) is 0 Å². The number of hydrogen-bond acceptors (Lipinski definition) is 4. The molecule has 0 aromatic carbocycles. The largest absolute Gasteiger partial charge is 0.475 e. The SMILES string of the molecule is CC(C)(C)C(=O)OC[C@@]1(C)COC(C(Cl)(Cl)Cl)=N1. The molecule has 0 spiro atoms. The van der Waals surface area contributed by atoms with Crippen molar-refractivity contribution in [2.45, 2.75) is 37.0 Å². The highest BCUT2D eigenvalue weighted by Crippen LogP contribution is 2.34. The predicted molar refractivity (Wildman–Crippen MR) is 72.5 cm³/mol. The molecule has 0 amide bonds. The summed E-state index contributed by atoms with van der Waals surface area (Å²) in [5.74, 6) is -0.275. The van der Waals surface area contributed by atoms with Crippen molar-refractivity contribution in [1.82, 2.24) is 0 Å². The molecule has 104 valence electrons. The van der Waals surface area contributed by atoms with Crippen LogP contribution in [0.4, 0.5) is 0 Å². The van der Waals surface area contributed by atoms with Gasteiger partial charge in [0.15, 0.2) is 0 Å². The molecule has 0 N–H and O–H groups in total. The number of alkyl halides is 3. The maximum atomic E-state index is 11.7. The van der Waals surface area contributed by atoms with Crippen molar-refractivity contribution in [2.75, 3.05) is 13.2 Å². The zero-order valence-electron chi connectivity index (χ0n) is 10.7. The van der Waals surface area contributed by atoms with Gasteiger partial charge in [-0.2, -0.15) is 0 Å². The minimum atomic E-state index is -1.69. The number of carbonyl (C=O) groups excluding carboxylic acids is 1. The van der Waals surface area contributed by atoms with Crippen LogP contribution in [0.5, 0.6) is 0 Å². The fourth-order valence-corrected chi connectivity index (χ4v) is 1.48. The van der Waals surface area contributed by atoms with Gasteiger partial charge in [-0.3, -0.25) is 4.79 Å². The van der Waals surface area contributed by atoms with E-state index in [9.17, 15) is 4.79 Å². The molecule has 0 aromatic heterocycles. The Bertz CT molecular complexity index is 371. The lowest BCUT2D eigenvalue weighted by Crippen LogP contribution is -2.34. The first-order valence-electron chi connectivity index (χ1n) is 5.41. The molecule has 1 heterocycles. The second-order valence-electron chi connectivity index (χ2n) is 5.53. The summed E-state index contributed by atoms with van der Waals surface area (Å²) in [6.45, 7) is 7.41. The molecule has 4 nitrogen and oxygen atoms in total. The first kappa shape index (κ1) is 15.9. The van der Waals surface area contributed by atoms with Crippen LogP contribution >= 0.6 is 34.8 Å². The molecule has 0 radical (unpaired) electrons. The van der Waals surface area contributed by atoms with Crippen LogP contribution in [0.25, 0.3) is 0 Å². The minimum Gasteiger partial charge on any atom is -0.475 e. The lowest BCUT2D eigenvalue weighted by Gasteiger charge is -2.22. The van der Waals surface area contributed by atoms with Gasteiger partial charge in [0.1, 0.15) is 18.8 Å². The van der Waals surface area contributed by atoms with Gasteiger partial charge in [0.25, 0.3) is 3.79 Å². The summed E-state index contributed by atoms with van der Waals surface area (Å²) < 4.78 is 8.72. The van der Waals surface area contributed by atoms with Crippen LogP contribution in [-0.4, -0.2) is 34.4 Å². The number of nitrogens with zero attached hydrogens (tertiary/aromatic N) is 1. The van der Waals surface area contributed by atoms with Crippen LogP contribution in [0.2, 0.25) is 0 Å². The molecule has 18 heavy (non-hydrogen) atoms. The van der Waals surface area contributed by atoms with Crippen LogP contribution in [0.1, 0.15) is 27.7 Å². The van der Waals surface area contributed by atoms with E-state index in [1.165, 1.54) is 0 Å². The smallest absolute Gasteiger partial charge is 0.311 e. The van der Waals surface area contributed by atoms with Gasteiger partial charge in [-0.1, -0.05) is 34.8 Å². The highest BCUT2D eigenvalue weighted by Gasteiger charge is 2.42. The number of hydrogen-bond donors (Lipinski definition) is 0. The van der Waals surface area contributed by atoms with Crippen molar-refractivity contribution in [3.63, 3.8) is 0 Å². The van der Waals surface area contributed by atoms with Crippen LogP contribution in [0, 0.1) is 5.41 Å². The van der Waals surface area contributed by atoms with Gasteiger partial charge in [0, 0.05) is 0 Å². The molecule has 0 aromatic rings. The highest BCUT2D eigenvalue weighted by atomic mass is 35.6. The molecular weight excluding hydrogens is 300 g/mol. The van der Waals surface area contributed by atoms with Gasteiger partial charge in [0.05, 0.1) is 5.41 Å². The van der Waals surface area contributed by atoms with E-state index < -0.39 is 14.7 Å². The number of carbonyl (C=O) groups is 1. The second-order valence-corrected chi connectivity index (χ2v) is 7.81. The van der Waals surface area contributed by atoms with Crippen molar-refractivity contribution >= 4 is 46.7 Å². The molecule has 0 fully saturated rings. The number of ether oxygens (including phenoxy) is 2. The van der Waals surface area contributed by atoms with Gasteiger partial charge in [0.2, 0.25) is 5.90 Å². The van der Waals surface area contributed by atoms with Crippen LogP contribution in [-0.2, 0) is 14.3 Å². The molecule has 1 aliphatic rings. The monoisotopic (exact) mass is 315 g/mol. The summed E-state index contributed by atoms with van der Waals surface area (Å²) in [7, 11) is 0. The van der Waals surface area contributed by atoms with E-state index >= 15 is 0 Å². The number of aliphatic imine (C=N–C) groups is 1. The zero-order valence-corrected chi connectivity index (χ0v) is 13.0. The van der Waals surface area contributed by atoms with E-state index in [2.05, 4.69) is 4.99 Å². The zero-order chi connectivity index (χ0) is 14.2. The third-order valence-electron chi connectivity index (χ3n) is 2.26. The average molecular weight is 317 g/mol. The Balaban J connectivity index is 2.64. The summed E-state index contributed by atoms with van der Waals surface area (Å²) in [6, 6.07) is 0. The Morgan fingerprint density at radius 3 is 2.39 bits per heavy atom. The Kier molecular flexibility index (Phi) is 4.46. The molecular formula is C11H16Cl3NO3. The standard InChI is InChI=1S/C11H16Cl3NO3/c1-9(2,3)8(16)18-6-10(4)5-17-7(15-10)11(12,13)14/h5-6H2,1-4H3/t10-/m1/s1. The normalized spacial score (nSPS) is 24.5. The van der Waals surface area contributed by atoms with Crippen molar-refractivity contribution < 1.29 is 14.3 Å². The highest BCUT2D eigenvalue weighted by molar-refractivity contribution is 6.76. The maximum Gasteiger partial charge on any atom is 0.311 e. The summed E-state index contributed by atoms with van der Waals surface area (Å²) in [6.07, 6.45) is 0. The Labute approximate surface area is 122 Å². The van der Waals surface area contributed by atoms with E-state index in [1.807, 2.05) is 0 Å². The maximum absolute atomic E-state index is 11.7. The van der Waals surface area contributed by atoms with E-state index in [4.69, 9.17) is 44.3 Å². The van der Waals surface area contributed by atoms with Crippen LogP contribution < -0.4 is 0 Å². The van der Waals surface area contributed by atoms with Gasteiger partial charge >= 0.3 is 5.97 Å². The van der Waals surface area contributed by atoms with Crippen molar-refractivity contribution in [2.24, 2.45) is 10.4 Å². The van der Waals surface area contributed by atoms with Gasteiger partial charge in [-0.05, 0) is 27.7 Å². The van der Waals surface area contributed by atoms with E-state index in [1.54, 1.807) is 27.7 Å². The van der Waals surface area contributed by atoms with Crippen molar-refractivity contribution in [1.29, 1.82) is 0 Å². The van der Waals surface area contributed by atoms with Gasteiger partial charge in [-0.25, -0.2) is 4.99 Å². The number of rotatable bonds is 2. The Morgan fingerprint density at radius 1 is 1.44 bits per heavy atom. The lowest BCUT2D eigenvalue weighted by atomic mass is 9.97. The van der Waals surface area contributed by atoms with Gasteiger partial charge in [-0.15, -0.1) is 0 Å². The molecule has 0 bridgehead atoms. The van der Waals surface area contributed by atoms with Crippen molar-refractivity contribution in [3.05, 3.63) is 0 Å². The van der Waals surface area contributed by atoms with Gasteiger partial charge < -0.3 is 9.47 Å². The fourth-order valence-electron chi connectivity index (χ4n) is 1.19. The molecule has 1 atom stereocenters. The summed E-state index contributed by atoms with van der Waals surface area (Å²) in [5.41, 5.74) is -1.27. The number of esters is 1. The third kappa shape index (κ3) is 4.18. The predicted octanol–water partition coefficient (Wildman–Crippen LogP) is 3.13. The molecule has 1 rings (SSSR count). The minimum absolute atomic E-state index is 0.0295. The third-order valence-corrected chi connectivity index (χ3v) is 2.75. The van der Waals surface area contributed by atoms with E-state index in [0.717, 1.165) is 0 Å². The van der Waals surface area contributed by atoms with Crippen LogP contribution in [0.3, 0.4) is 0 Å². The fraction of sp³-hybridized carbons (Fsp3) is 0.818. The second kappa shape index (κ2) is 5.06. The lowest BCUT2D eigenvalue weighted by molar-refractivity contribution is -0.154. The quantitative estimate of drug-likeness (QED) is 0.581. The van der Waals surface area contributed by atoms with E-state index in [-0.39, 0.29) is 25.1 Å². The molecule has 0 saturated carbocycles. The molecule has 0 aliphatic carbocycles. The summed E-state index contributed by atoms with van der Waals surface area (Å²) in [4.78, 5) is 15.8. The summed E-state index contributed by atoms with van der Waals surface area (Å²) >= 11 is 17.0. The van der Waals surface area contributed by atoms with Crippen molar-refractivity contribution in [3.8, 4) is 0 Å². The molecule has 7 heteroatoms. The first-order valence-corrected chi connectivity index (χ1v) is 6.54. The van der Waals surface area contributed by atoms with Crippen LogP contribution in [0.15, 0.2) is 4.99 Å². The Hall–Kier alpha value is -0.190. The first-order chi connectivity index (χ1) is 7.94. The molecule has 0 unspecified atom stereocenters. The Morgan fingerprint density at radius 2 is 2.00 bits per heavy atom. The topological polar surface area (TPSA) is 47.9 Å². The average Bonchev–Trinajstić information content (AvgIpc) is 2.56. The summed E-state index contributed by atoms with van der Waals surface area (Å²) in [5, 5.41) is 0.